The van der Waals surface area contributed by atoms with Crippen LogP contribution in [0, 0.1) is 5.82 Å². The summed E-state index contributed by atoms with van der Waals surface area (Å²) in [5.74, 6) is -0.545. The Bertz CT molecular complexity index is 2030. The average molecular weight is 511 g/mol. The average Bonchev–Trinajstić information content (AvgIpc) is 3.65. The van der Waals surface area contributed by atoms with Crippen molar-refractivity contribution in [3.8, 4) is 11.3 Å². The van der Waals surface area contributed by atoms with Crippen molar-refractivity contribution in [3.63, 3.8) is 0 Å². The van der Waals surface area contributed by atoms with Crippen molar-refractivity contribution in [2.24, 2.45) is 0 Å². The van der Waals surface area contributed by atoms with E-state index in [0.717, 1.165) is 22.4 Å². The number of nitrogens with zero attached hydrogens (tertiary/aromatic N) is 6. The summed E-state index contributed by atoms with van der Waals surface area (Å²) in [7, 11) is 0. The van der Waals surface area contributed by atoms with Gasteiger partial charge in [0.25, 0.3) is 0 Å². The SMILES string of the molecule is CCCCC(=O)n1c2cncc(c2)c2cnc3[nH][nH]c(c4nc5ccnc(c6ccc1s6)c5n4)-c3c2F. The van der Waals surface area contributed by atoms with Gasteiger partial charge in [-0.1, -0.05) is 13.3 Å². The molecule has 0 radical (unpaired) electrons. The number of pyridine rings is 3. The molecule has 0 saturated carbocycles. The van der Waals surface area contributed by atoms with E-state index < -0.39 is 5.82 Å². The predicted octanol–water partition coefficient (Wildman–Crippen LogP) is 6.15. The highest BCUT2D eigenvalue weighted by atomic mass is 32.1. The maximum atomic E-state index is 16.1. The molecule has 5 aromatic rings. The number of thiophene rings is 1. The molecule has 5 aromatic heterocycles. The number of H-pyrrole nitrogens is 2. The number of carbonyl (C=O) groups is 1. The lowest BCUT2D eigenvalue weighted by atomic mass is 10.1. The number of nitrogens with one attached hydrogen (secondary N) is 2. The summed E-state index contributed by atoms with van der Waals surface area (Å²) < 4.78 is 18.6. The third kappa shape index (κ3) is 3.34. The molecule has 2 N–H and O–H groups in total. The number of aromatic nitrogens is 8. The second-order valence-corrected chi connectivity index (χ2v) is 9.87. The van der Waals surface area contributed by atoms with Crippen molar-refractivity contribution in [1.29, 1.82) is 0 Å². The van der Waals surface area contributed by atoms with Gasteiger partial charge in [0.2, 0.25) is 5.91 Å². The van der Waals surface area contributed by atoms with Crippen molar-refractivity contribution in [2.75, 3.05) is 0 Å². The topological polar surface area (TPSA) is 118 Å². The lowest BCUT2D eigenvalue weighted by Crippen LogP contribution is -2.10. The largest absolute Gasteiger partial charge is 0.295 e. The van der Waals surface area contributed by atoms with Crippen LogP contribution in [0.15, 0.2) is 49.1 Å². The van der Waals surface area contributed by atoms with Crippen LogP contribution in [0.25, 0.3) is 64.9 Å². The fourth-order valence-corrected chi connectivity index (χ4v) is 5.69. The van der Waals surface area contributed by atoms with Crippen LogP contribution in [0.5, 0.6) is 0 Å². The smallest absolute Gasteiger partial charge is 0.232 e. The predicted molar refractivity (Wildman–Crippen MR) is 142 cm³/mol. The van der Waals surface area contributed by atoms with E-state index in [1.165, 1.54) is 17.5 Å². The van der Waals surface area contributed by atoms with E-state index in [-0.39, 0.29) is 16.9 Å². The van der Waals surface area contributed by atoms with E-state index in [9.17, 15) is 4.79 Å². The first-order valence-corrected chi connectivity index (χ1v) is 12.7. The summed E-state index contributed by atoms with van der Waals surface area (Å²) in [4.78, 5) is 37.0. The molecule has 0 aromatic carbocycles. The van der Waals surface area contributed by atoms with E-state index in [0.29, 0.717) is 50.9 Å². The zero-order chi connectivity index (χ0) is 25.1. The Morgan fingerprint density at radius 2 is 2.00 bits per heavy atom. The molecule has 0 saturated heterocycles. The van der Waals surface area contributed by atoms with Gasteiger partial charge < -0.3 is 0 Å². The van der Waals surface area contributed by atoms with Crippen molar-refractivity contribution in [1.82, 2.24) is 39.7 Å². The van der Waals surface area contributed by atoms with Gasteiger partial charge in [0.05, 0.1) is 27.5 Å². The first-order valence-electron chi connectivity index (χ1n) is 11.9. The fraction of sp³-hybridized carbons (Fsp3) is 0.154. The number of aromatic amines is 2. The summed E-state index contributed by atoms with van der Waals surface area (Å²) in [6, 6.07) is 7.38. The van der Waals surface area contributed by atoms with Gasteiger partial charge in [-0.2, -0.15) is 0 Å². The Hall–Kier alpha value is -4.51. The highest BCUT2D eigenvalue weighted by Gasteiger charge is 2.21. The number of hydrogen-bond acceptors (Lipinski definition) is 7. The third-order valence-corrected chi connectivity index (χ3v) is 7.55. The molecule has 0 unspecified atom stereocenters. The van der Waals surface area contributed by atoms with Crippen LogP contribution in [0.4, 0.5) is 4.39 Å². The van der Waals surface area contributed by atoms with Gasteiger partial charge >= 0.3 is 0 Å². The van der Waals surface area contributed by atoms with Gasteiger partial charge in [0, 0.05) is 35.8 Å². The zero-order valence-electron chi connectivity index (χ0n) is 19.6. The number of halogens is 1. The molecule has 182 valence electrons. The molecule has 0 fully saturated rings. The third-order valence-electron chi connectivity index (χ3n) is 6.47. The van der Waals surface area contributed by atoms with Gasteiger partial charge in [0.1, 0.15) is 27.4 Å². The van der Waals surface area contributed by atoms with Gasteiger partial charge in [-0.25, -0.2) is 19.3 Å². The molecule has 0 amide bonds. The number of imidazole rings is 1. The lowest BCUT2D eigenvalue weighted by molar-refractivity contribution is 0.0909. The van der Waals surface area contributed by atoms with Crippen LogP contribution in [0.3, 0.4) is 0 Å². The first kappa shape index (κ1) is 21.7. The molecule has 9 nitrogen and oxygen atoms in total. The molecular formula is C26H19FN8OS. The molecule has 11 heteroatoms. The lowest BCUT2D eigenvalue weighted by Gasteiger charge is -2.08. The molecular weight excluding hydrogens is 491 g/mol. The van der Waals surface area contributed by atoms with E-state index in [1.54, 1.807) is 35.3 Å². The fourth-order valence-electron chi connectivity index (χ4n) is 4.65. The molecule has 2 aliphatic rings. The van der Waals surface area contributed by atoms with Crippen LogP contribution in [0.1, 0.15) is 31.0 Å². The Labute approximate surface area is 212 Å². The van der Waals surface area contributed by atoms with Gasteiger partial charge in [-0.15, -0.1) is 11.3 Å². The minimum absolute atomic E-state index is 0.0587. The summed E-state index contributed by atoms with van der Waals surface area (Å²) >= 11 is 1.44. The number of carbonyl (C=O) groups excluding carboxylic acids is 1. The normalized spacial score (nSPS) is 11.9. The Morgan fingerprint density at radius 1 is 1.08 bits per heavy atom. The number of fused-ring (bicyclic) bond motifs is 9. The molecule has 7 heterocycles. The van der Waals surface area contributed by atoms with Crippen LogP contribution in [-0.4, -0.2) is 45.6 Å². The monoisotopic (exact) mass is 510 g/mol. The molecule has 0 spiro atoms. The van der Waals surface area contributed by atoms with E-state index >= 15 is 4.39 Å². The van der Waals surface area contributed by atoms with Gasteiger partial charge in [-0.05, 0) is 30.7 Å². The second-order valence-electron chi connectivity index (χ2n) is 8.81. The van der Waals surface area contributed by atoms with Crippen molar-refractivity contribution in [2.45, 2.75) is 26.2 Å². The molecule has 0 atom stereocenters. The summed E-state index contributed by atoms with van der Waals surface area (Å²) in [5.41, 5.74) is 3.76. The summed E-state index contributed by atoms with van der Waals surface area (Å²) in [6.45, 7) is 2.05. The minimum atomic E-state index is -0.486. The van der Waals surface area contributed by atoms with Crippen molar-refractivity contribution < 1.29 is 9.18 Å². The summed E-state index contributed by atoms with van der Waals surface area (Å²) in [5, 5.41) is 6.67. The molecule has 8 bridgehead atoms. The van der Waals surface area contributed by atoms with Crippen LogP contribution >= 0.6 is 11.3 Å². The second kappa shape index (κ2) is 8.27. The van der Waals surface area contributed by atoms with Crippen LogP contribution in [-0.2, 0) is 0 Å². The first-order chi connectivity index (χ1) is 18.1. The van der Waals surface area contributed by atoms with Crippen LogP contribution < -0.4 is 0 Å². The Balaban J connectivity index is 1.71. The van der Waals surface area contributed by atoms with Crippen LogP contribution in [0.2, 0.25) is 0 Å². The minimum Gasteiger partial charge on any atom is -0.295 e. The Kier molecular flexibility index (Phi) is 4.86. The van der Waals surface area contributed by atoms with Gasteiger partial charge in [0.15, 0.2) is 11.3 Å². The maximum Gasteiger partial charge on any atom is 0.232 e. The summed E-state index contributed by atoms with van der Waals surface area (Å²) in [6.07, 6.45) is 8.36. The zero-order valence-corrected chi connectivity index (χ0v) is 20.4. The Morgan fingerprint density at radius 3 is 2.89 bits per heavy atom. The van der Waals surface area contributed by atoms with E-state index in [1.807, 2.05) is 19.1 Å². The van der Waals surface area contributed by atoms with Gasteiger partial charge in [-0.3, -0.25) is 29.5 Å². The molecule has 37 heavy (non-hydrogen) atoms. The van der Waals surface area contributed by atoms with Crippen molar-refractivity contribution >= 4 is 70.9 Å². The van der Waals surface area contributed by atoms with E-state index in [2.05, 4.69) is 30.1 Å². The highest BCUT2D eigenvalue weighted by Crippen LogP contribution is 2.34. The highest BCUT2D eigenvalue weighted by molar-refractivity contribution is 7.24. The number of hydrogen-bond donors (Lipinski definition) is 2. The standard InChI is InChI=1S/C26H19FN8OS/c1-2-3-4-18(36)35-14-9-13(10-28-11-14)15-12-30-25-20(21(15)27)24(33-34-25)26-31-16-7-8-29-23(22(16)32-26)17-5-6-19(35)37-17/h5-12,33H,2-4H2,1H3,(H,30,34). The maximum absolute atomic E-state index is 16.1. The van der Waals surface area contributed by atoms with Crippen molar-refractivity contribution in [3.05, 3.63) is 54.9 Å². The quantitative estimate of drug-likeness (QED) is 0.295. The molecule has 7 rings (SSSR count). The molecule has 2 aliphatic heterocycles. The van der Waals surface area contributed by atoms with E-state index in [4.69, 9.17) is 4.98 Å². The number of rotatable bonds is 3. The molecule has 0 aliphatic carbocycles. The number of unbranched alkanes of at least 4 members (excludes halogenated alkanes) is 1.